The van der Waals surface area contributed by atoms with Gasteiger partial charge >= 0.3 is 11.5 Å². The molecule has 0 saturated carbocycles. The third-order valence-electron chi connectivity index (χ3n) is 11.9. The molecule has 4 bridgehead atoms. The molecule has 4 aliphatic heterocycles. The largest absolute Gasteiger partial charge is 0.474 e. The number of halogens is 3. The number of aromatic nitrogens is 6. The molecule has 4 aliphatic rings. The minimum Gasteiger partial charge on any atom is -0.474 e. The number of nitrogens with one attached hydrogen (secondary N) is 1. The molecule has 2 saturated heterocycles. The molecule has 1 N–H and O–H groups in total. The van der Waals surface area contributed by atoms with Gasteiger partial charge in [-0.25, -0.2) is 55.1 Å². The van der Waals surface area contributed by atoms with Crippen molar-refractivity contribution in [2.75, 3.05) is 12.5 Å². The number of hydrogen-bond donors (Lipinski definition) is 1. The highest BCUT2D eigenvalue weighted by Gasteiger charge is 2.42. The van der Waals surface area contributed by atoms with E-state index in [1.807, 2.05) is 26.0 Å². The molecule has 23 heteroatoms. The number of hydrogen-bond acceptors (Lipinski definition) is 15. The quantitative estimate of drug-likeness (QED) is 0.102. The zero-order valence-corrected chi connectivity index (χ0v) is 41.7. The maximum atomic E-state index is 14.8. The molecule has 2 aromatic carbocycles. The predicted octanol–water partition coefficient (Wildman–Crippen LogP) is 7.83. The van der Waals surface area contributed by atoms with Crippen molar-refractivity contribution in [3.63, 3.8) is 0 Å². The normalized spacial score (nSPS) is 21.2. The van der Waals surface area contributed by atoms with Crippen LogP contribution in [0, 0.1) is 11.6 Å². The number of piperidine rings is 2. The van der Waals surface area contributed by atoms with Crippen LogP contribution in [0.5, 0.6) is 11.8 Å². The average molecular weight is 1040 g/mol. The maximum absolute atomic E-state index is 14.8. The topological polar surface area (TPSA) is 216 Å². The summed E-state index contributed by atoms with van der Waals surface area (Å²) in [6.07, 6.45) is 18.6. The Morgan fingerprint density at radius 3 is 1.46 bits per heavy atom. The lowest BCUT2D eigenvalue weighted by molar-refractivity contribution is 0.0270. The SMILES string of the molecule is CC(C)OC(=O)Cl.CC(C)OC(=O)N1C2C=CC1CC(Oc1ncnc3c1ccn3-c1ccc(S(C)(=O)=O)cc1F)C2.CS(=O)(=O)c1ccc(-n2ccc3c(OC4CC5C=CC(C4)N5)ncnc32)c(F)c1. The summed E-state index contributed by atoms with van der Waals surface area (Å²) in [4.78, 5) is 41.0. The summed E-state index contributed by atoms with van der Waals surface area (Å²) in [6.45, 7) is 7.11. The Bertz CT molecular complexity index is 3250. The first-order valence-electron chi connectivity index (χ1n) is 22.6. The van der Waals surface area contributed by atoms with Crippen LogP contribution >= 0.6 is 11.6 Å². The van der Waals surface area contributed by atoms with Gasteiger partial charge in [0.1, 0.15) is 36.5 Å². The second kappa shape index (κ2) is 20.7. The summed E-state index contributed by atoms with van der Waals surface area (Å²) in [5, 5.41) is 4.75. The molecule has 4 aromatic heterocycles. The first kappa shape index (κ1) is 50.9. The van der Waals surface area contributed by atoms with Crippen molar-refractivity contribution in [2.45, 2.75) is 112 Å². The van der Waals surface area contributed by atoms with Gasteiger partial charge in [0, 0.05) is 74.3 Å². The smallest absolute Gasteiger partial charge is 0.411 e. The van der Waals surface area contributed by atoms with Crippen LogP contribution in [-0.2, 0) is 29.1 Å². The Morgan fingerprint density at radius 1 is 0.648 bits per heavy atom. The molecule has 1 amide bonds. The van der Waals surface area contributed by atoms with Gasteiger partial charge in [-0.3, -0.25) is 14.0 Å². The Labute approximate surface area is 413 Å². The number of carbonyl (C=O) groups is 2. The van der Waals surface area contributed by atoms with Crippen LogP contribution in [-0.4, -0.2) is 123 Å². The first-order valence-corrected chi connectivity index (χ1v) is 26.7. The summed E-state index contributed by atoms with van der Waals surface area (Å²) < 4.78 is 102. The van der Waals surface area contributed by atoms with Gasteiger partial charge in [0.25, 0.3) is 0 Å². The van der Waals surface area contributed by atoms with Crippen molar-refractivity contribution in [3.8, 4) is 23.1 Å². The van der Waals surface area contributed by atoms with Crippen molar-refractivity contribution < 1.29 is 54.2 Å². The highest BCUT2D eigenvalue weighted by atomic mass is 35.5. The van der Waals surface area contributed by atoms with E-state index in [1.165, 1.54) is 41.5 Å². The lowest BCUT2D eigenvalue weighted by Gasteiger charge is -2.38. The number of amides is 1. The monoisotopic (exact) mass is 1040 g/mol. The van der Waals surface area contributed by atoms with Crippen LogP contribution in [0.3, 0.4) is 0 Å². The van der Waals surface area contributed by atoms with Crippen LogP contribution in [0.4, 0.5) is 18.4 Å². The standard InChI is InChI=1S/C24H25FN4O5S.C20H19FN4O3S.C4H7ClO2/c1-14(2)33-24(30)29-15-4-5-16(29)11-17(10-15)34-23-19-8-9-28(22(19)26-13-27-23)21-7-6-18(12-20(21)25)35(3,31)32;1-29(26,27)15-4-5-18(17(21)10-15)25-7-6-16-19(25)22-11-23-20(16)28-14-8-12-2-3-13(9-14)24-12;1-3(2)7-4(5)6/h4-9,12-17H,10-11H2,1-3H3;2-7,10-14,24H,8-9H2,1H3;3H,1-2H3. The fourth-order valence-corrected chi connectivity index (χ4v) is 10.2. The molecule has 4 atom stereocenters. The number of ether oxygens (including phenoxy) is 4. The zero-order chi connectivity index (χ0) is 50.9. The highest BCUT2D eigenvalue weighted by molar-refractivity contribution is 7.91. The molecule has 0 radical (unpaired) electrons. The van der Waals surface area contributed by atoms with Gasteiger partial charge in [-0.15, -0.1) is 0 Å². The van der Waals surface area contributed by atoms with Crippen LogP contribution in [0.25, 0.3) is 33.4 Å². The predicted molar refractivity (Wildman–Crippen MR) is 259 cm³/mol. The molecule has 10 rings (SSSR count). The molecule has 0 aliphatic carbocycles. The summed E-state index contributed by atoms with van der Waals surface area (Å²) >= 11 is 4.81. The highest BCUT2D eigenvalue weighted by Crippen LogP contribution is 2.36. The number of carbonyl (C=O) groups excluding carboxylic acids is 2. The minimum atomic E-state index is -3.53. The van der Waals surface area contributed by atoms with E-state index < -0.39 is 36.7 Å². The molecule has 8 heterocycles. The van der Waals surface area contributed by atoms with Gasteiger partial charge in [0.15, 0.2) is 31.0 Å². The molecule has 376 valence electrons. The van der Waals surface area contributed by atoms with E-state index in [1.54, 1.807) is 47.8 Å². The first-order chi connectivity index (χ1) is 33.6. The van der Waals surface area contributed by atoms with E-state index in [4.69, 9.17) is 25.8 Å². The van der Waals surface area contributed by atoms with E-state index >= 15 is 0 Å². The molecular weight excluding hydrogens is 986 g/mol. The maximum Gasteiger partial charge on any atom is 0.411 e. The Hall–Kier alpha value is -6.49. The van der Waals surface area contributed by atoms with Gasteiger partial charge in [0.05, 0.1) is 56.2 Å². The molecular formula is C48H51ClF2N8O10S2. The van der Waals surface area contributed by atoms with Crippen LogP contribution in [0.2, 0.25) is 0 Å². The fraction of sp³-hybridized carbons (Fsp3) is 0.375. The number of fused-ring (bicyclic) bond motifs is 6. The molecule has 6 aromatic rings. The number of rotatable bonds is 10. The Kier molecular flexibility index (Phi) is 14.8. The van der Waals surface area contributed by atoms with Crippen LogP contribution in [0.15, 0.2) is 108 Å². The van der Waals surface area contributed by atoms with Crippen molar-refractivity contribution in [3.05, 3.63) is 110 Å². The summed E-state index contributed by atoms with van der Waals surface area (Å²) in [5.74, 6) is -0.500. The second-order valence-corrected chi connectivity index (χ2v) is 22.3. The summed E-state index contributed by atoms with van der Waals surface area (Å²) in [6, 6.07) is 11.5. The van der Waals surface area contributed by atoms with Gasteiger partial charge in [-0.05, 0) is 76.2 Å². The number of benzene rings is 2. The van der Waals surface area contributed by atoms with Gasteiger partial charge in [-0.1, -0.05) is 24.3 Å². The second-order valence-electron chi connectivity index (χ2n) is 17.9. The van der Waals surface area contributed by atoms with Gasteiger partial charge < -0.3 is 24.3 Å². The lowest BCUT2D eigenvalue weighted by Crippen LogP contribution is -2.50. The third-order valence-corrected chi connectivity index (χ3v) is 14.2. The molecule has 18 nitrogen and oxygen atoms in total. The van der Waals surface area contributed by atoms with Crippen molar-refractivity contribution in [1.29, 1.82) is 0 Å². The zero-order valence-electron chi connectivity index (χ0n) is 39.3. The van der Waals surface area contributed by atoms with E-state index in [-0.39, 0.29) is 63.8 Å². The van der Waals surface area contributed by atoms with E-state index in [2.05, 4.69) is 42.1 Å². The van der Waals surface area contributed by atoms with E-state index in [0.717, 1.165) is 37.5 Å². The van der Waals surface area contributed by atoms with E-state index in [9.17, 15) is 35.2 Å². The summed E-state index contributed by atoms with van der Waals surface area (Å²) in [7, 11) is -7.01. The average Bonchev–Trinajstić information content (AvgIpc) is 4.06. The van der Waals surface area contributed by atoms with Gasteiger partial charge in [0.2, 0.25) is 11.8 Å². The summed E-state index contributed by atoms with van der Waals surface area (Å²) in [5.41, 5.74) is 0.559. The van der Waals surface area contributed by atoms with Crippen LogP contribution in [0.1, 0.15) is 53.4 Å². The van der Waals surface area contributed by atoms with Crippen molar-refractivity contribution in [1.82, 2.24) is 39.3 Å². The Morgan fingerprint density at radius 2 is 1.08 bits per heavy atom. The fourth-order valence-electron chi connectivity index (χ4n) is 8.80. The third kappa shape index (κ3) is 11.7. The van der Waals surface area contributed by atoms with Gasteiger partial charge in [-0.2, -0.15) is 0 Å². The van der Waals surface area contributed by atoms with Crippen molar-refractivity contribution in [2.24, 2.45) is 0 Å². The number of sulfone groups is 2. The molecule has 4 unspecified atom stereocenters. The lowest BCUT2D eigenvalue weighted by atomic mass is 9.99. The molecule has 0 spiro atoms. The minimum absolute atomic E-state index is 0.0356. The number of nitrogens with zero attached hydrogens (tertiary/aromatic N) is 7. The Balaban J connectivity index is 0.000000170. The van der Waals surface area contributed by atoms with Crippen LogP contribution < -0.4 is 14.8 Å². The van der Waals surface area contributed by atoms with E-state index in [0.29, 0.717) is 58.8 Å². The van der Waals surface area contributed by atoms with Crippen molar-refractivity contribution >= 4 is 64.9 Å². The molecule has 2 fully saturated rings. The molecule has 71 heavy (non-hydrogen) atoms.